The Morgan fingerprint density at radius 2 is 2.43 bits per heavy atom. The van der Waals surface area contributed by atoms with Crippen molar-refractivity contribution >= 4 is 6.72 Å². The van der Waals surface area contributed by atoms with Crippen LogP contribution in [0, 0.1) is 0 Å². The van der Waals surface area contributed by atoms with E-state index in [1.807, 2.05) is 6.08 Å². The van der Waals surface area contributed by atoms with Crippen molar-refractivity contribution in [1.29, 1.82) is 0 Å². The minimum atomic E-state index is 1.05. The fraction of sp³-hybridized carbons (Fsp3) is 0.308. The zero-order valence-electron chi connectivity index (χ0n) is 8.79. The highest BCUT2D eigenvalue weighted by molar-refractivity contribution is 5.44. The maximum atomic E-state index is 4.01. The van der Waals surface area contributed by atoms with E-state index in [1.54, 1.807) is 6.20 Å². The molecule has 1 aliphatic carbocycles. The molecule has 1 heteroatoms. The lowest BCUT2D eigenvalue weighted by molar-refractivity contribution is 0.939. The van der Waals surface area contributed by atoms with Crippen molar-refractivity contribution in [2.75, 3.05) is 0 Å². The summed E-state index contributed by atoms with van der Waals surface area (Å²) < 4.78 is 0. The van der Waals surface area contributed by atoms with Crippen molar-refractivity contribution < 1.29 is 0 Å². The maximum Gasteiger partial charge on any atom is 0.0266 e. The number of aliphatic imine (C=N–C) groups is 1. The zero-order chi connectivity index (χ0) is 10.4. The number of allylic oxidation sites excluding steroid dienone is 6. The van der Waals surface area contributed by atoms with E-state index in [0.29, 0.717) is 0 Å². The average Bonchev–Trinajstić information content (AvgIpc) is 2.26. The smallest absolute Gasteiger partial charge is 0.0266 e. The Morgan fingerprint density at radius 3 is 3.07 bits per heavy atom. The molecule has 1 nitrogen and oxygen atoms in total. The number of rotatable bonds is 4. The molecule has 0 heterocycles. The third-order valence-corrected chi connectivity index (χ3v) is 2.38. The lowest BCUT2D eigenvalue weighted by atomic mass is 9.93. The van der Waals surface area contributed by atoms with Gasteiger partial charge in [0.2, 0.25) is 0 Å². The molecule has 0 saturated carbocycles. The highest BCUT2D eigenvalue weighted by atomic mass is 14.6. The van der Waals surface area contributed by atoms with Gasteiger partial charge in [-0.25, -0.2) is 0 Å². The van der Waals surface area contributed by atoms with E-state index < -0.39 is 0 Å². The van der Waals surface area contributed by atoms with Gasteiger partial charge in [-0.1, -0.05) is 31.2 Å². The summed E-state index contributed by atoms with van der Waals surface area (Å²) in [7, 11) is 0. The number of hydrogen-bond donors (Lipinski definition) is 0. The molecular formula is C13H17N. The van der Waals surface area contributed by atoms with Crippen LogP contribution in [-0.4, -0.2) is 6.72 Å². The quantitative estimate of drug-likeness (QED) is 0.468. The molecule has 0 unspecified atom stereocenters. The molecule has 14 heavy (non-hydrogen) atoms. The summed E-state index contributed by atoms with van der Waals surface area (Å²) in [4.78, 5) is 3.68. The predicted molar refractivity (Wildman–Crippen MR) is 63.5 cm³/mol. The van der Waals surface area contributed by atoms with Crippen molar-refractivity contribution in [2.24, 2.45) is 4.99 Å². The van der Waals surface area contributed by atoms with Gasteiger partial charge in [0, 0.05) is 6.20 Å². The van der Waals surface area contributed by atoms with Crippen molar-refractivity contribution in [3.63, 3.8) is 0 Å². The summed E-state index contributed by atoms with van der Waals surface area (Å²) >= 11 is 0. The molecule has 74 valence electrons. The van der Waals surface area contributed by atoms with Crippen LogP contribution in [-0.2, 0) is 0 Å². The van der Waals surface area contributed by atoms with Gasteiger partial charge in [0.25, 0.3) is 0 Å². The summed E-state index contributed by atoms with van der Waals surface area (Å²) in [5.41, 5.74) is 3.79. The molecule has 0 radical (unpaired) electrons. The molecular weight excluding hydrogens is 170 g/mol. The van der Waals surface area contributed by atoms with Gasteiger partial charge in [0.1, 0.15) is 0 Å². The normalized spacial score (nSPS) is 16.4. The highest BCUT2D eigenvalue weighted by Gasteiger charge is 2.05. The molecule has 0 aromatic carbocycles. The maximum absolute atomic E-state index is 4.01. The molecule has 1 rings (SSSR count). The standard InChI is InChI=1S/C13H17N/c1-4-12-6-5-7-13(10-12)11(2)8-9-14-3/h6,8-10H,2-5,7H2,1H3/b9-8-. The molecule has 0 atom stereocenters. The Labute approximate surface area is 86.2 Å². The van der Waals surface area contributed by atoms with Crippen LogP contribution in [0.1, 0.15) is 26.2 Å². The second-order valence-electron chi connectivity index (χ2n) is 3.36. The number of hydrogen-bond acceptors (Lipinski definition) is 1. The molecule has 0 aromatic heterocycles. The Kier molecular flexibility index (Phi) is 4.11. The fourth-order valence-corrected chi connectivity index (χ4v) is 1.52. The summed E-state index contributed by atoms with van der Waals surface area (Å²) in [6.45, 7) is 9.59. The first-order chi connectivity index (χ1) is 6.77. The van der Waals surface area contributed by atoms with Gasteiger partial charge in [-0.05, 0) is 43.2 Å². The first-order valence-corrected chi connectivity index (χ1v) is 4.99. The Morgan fingerprint density at radius 1 is 1.64 bits per heavy atom. The van der Waals surface area contributed by atoms with Crippen LogP contribution in [0.2, 0.25) is 0 Å². The van der Waals surface area contributed by atoms with Gasteiger partial charge in [-0.3, -0.25) is 4.99 Å². The lowest BCUT2D eigenvalue weighted by Gasteiger charge is -2.12. The first kappa shape index (κ1) is 10.7. The molecule has 0 amide bonds. The lowest BCUT2D eigenvalue weighted by Crippen LogP contribution is -1.93. The van der Waals surface area contributed by atoms with Crippen LogP contribution in [0.3, 0.4) is 0 Å². The second kappa shape index (κ2) is 5.38. The average molecular weight is 187 g/mol. The van der Waals surface area contributed by atoms with Gasteiger partial charge in [0.05, 0.1) is 0 Å². The van der Waals surface area contributed by atoms with Crippen LogP contribution in [0.25, 0.3) is 0 Å². The molecule has 1 aliphatic rings. The summed E-state index contributed by atoms with van der Waals surface area (Å²) in [5.74, 6) is 0. The summed E-state index contributed by atoms with van der Waals surface area (Å²) in [6, 6.07) is 0. The third-order valence-electron chi connectivity index (χ3n) is 2.38. The topological polar surface area (TPSA) is 12.4 Å². The molecule has 0 saturated heterocycles. The highest BCUT2D eigenvalue weighted by Crippen LogP contribution is 2.24. The van der Waals surface area contributed by atoms with Gasteiger partial charge < -0.3 is 0 Å². The first-order valence-electron chi connectivity index (χ1n) is 4.99. The second-order valence-corrected chi connectivity index (χ2v) is 3.36. The van der Waals surface area contributed by atoms with Crippen LogP contribution in [0.15, 0.2) is 52.7 Å². The van der Waals surface area contributed by atoms with E-state index in [0.717, 1.165) is 24.8 Å². The van der Waals surface area contributed by atoms with Gasteiger partial charge in [0.15, 0.2) is 0 Å². The van der Waals surface area contributed by atoms with E-state index in [4.69, 9.17) is 0 Å². The SMILES string of the molecule is C=N/C=C\C(=C)C1=CC(CC)=CCC1. The van der Waals surface area contributed by atoms with E-state index in [9.17, 15) is 0 Å². The molecule has 0 spiro atoms. The number of nitrogens with zero attached hydrogens (tertiary/aromatic N) is 1. The fourth-order valence-electron chi connectivity index (χ4n) is 1.52. The van der Waals surface area contributed by atoms with Crippen molar-refractivity contribution in [3.05, 3.63) is 47.7 Å². The molecule has 0 aromatic rings. The van der Waals surface area contributed by atoms with E-state index >= 15 is 0 Å². The summed E-state index contributed by atoms with van der Waals surface area (Å²) in [5, 5.41) is 0. The largest absolute Gasteiger partial charge is 0.272 e. The Hall–Kier alpha value is -1.37. The van der Waals surface area contributed by atoms with Crippen LogP contribution in [0.5, 0.6) is 0 Å². The molecule has 0 N–H and O–H groups in total. The van der Waals surface area contributed by atoms with Gasteiger partial charge in [-0.15, -0.1) is 0 Å². The van der Waals surface area contributed by atoms with E-state index in [2.05, 4.69) is 37.4 Å². The summed E-state index contributed by atoms with van der Waals surface area (Å²) in [6.07, 6.45) is 11.4. The van der Waals surface area contributed by atoms with Crippen molar-refractivity contribution in [2.45, 2.75) is 26.2 Å². The van der Waals surface area contributed by atoms with Crippen molar-refractivity contribution in [3.8, 4) is 0 Å². The molecule has 0 fully saturated rings. The zero-order valence-corrected chi connectivity index (χ0v) is 8.79. The predicted octanol–water partition coefficient (Wildman–Crippen LogP) is 3.81. The van der Waals surface area contributed by atoms with Crippen molar-refractivity contribution in [1.82, 2.24) is 0 Å². The molecule has 0 bridgehead atoms. The minimum absolute atomic E-state index is 1.05. The van der Waals surface area contributed by atoms with Gasteiger partial charge >= 0.3 is 0 Å². The van der Waals surface area contributed by atoms with E-state index in [1.165, 1.54) is 11.1 Å². The van der Waals surface area contributed by atoms with Crippen LogP contribution in [0.4, 0.5) is 0 Å². The van der Waals surface area contributed by atoms with Gasteiger partial charge in [-0.2, -0.15) is 0 Å². The van der Waals surface area contributed by atoms with E-state index in [-0.39, 0.29) is 0 Å². The molecule has 0 aliphatic heterocycles. The van der Waals surface area contributed by atoms with Crippen LogP contribution >= 0.6 is 0 Å². The monoisotopic (exact) mass is 187 g/mol. The minimum Gasteiger partial charge on any atom is -0.272 e. The van der Waals surface area contributed by atoms with Crippen LogP contribution < -0.4 is 0 Å². The Bertz CT molecular complexity index is 316. The third kappa shape index (κ3) is 2.84. The Balaban J connectivity index is 2.73.